The van der Waals surface area contributed by atoms with Gasteiger partial charge in [0, 0.05) is 15.7 Å². The summed E-state index contributed by atoms with van der Waals surface area (Å²) in [6.07, 6.45) is 0. The number of rotatable bonds is 2. The van der Waals surface area contributed by atoms with Crippen LogP contribution >= 0.6 is 15.9 Å². The van der Waals surface area contributed by atoms with Crippen LogP contribution in [-0.4, -0.2) is 5.91 Å². The van der Waals surface area contributed by atoms with Gasteiger partial charge in [0.15, 0.2) is 0 Å². The number of anilines is 1. The molecule has 0 aliphatic carbocycles. The van der Waals surface area contributed by atoms with Gasteiger partial charge in [0.2, 0.25) is 0 Å². The second-order valence-electron chi connectivity index (χ2n) is 3.98. The Kier molecular flexibility index (Phi) is 3.77. The molecule has 92 valence electrons. The molecule has 18 heavy (non-hydrogen) atoms. The molecule has 0 aliphatic heterocycles. The van der Waals surface area contributed by atoms with E-state index in [0.29, 0.717) is 11.3 Å². The number of carbonyl (C=O) groups is 1. The molecule has 2 aromatic carbocycles. The highest BCUT2D eigenvalue weighted by Gasteiger charge is 2.06. The van der Waals surface area contributed by atoms with Crippen LogP contribution in [0.4, 0.5) is 10.1 Å². The Morgan fingerprint density at radius 2 is 1.83 bits per heavy atom. The molecule has 4 heteroatoms. The van der Waals surface area contributed by atoms with E-state index in [9.17, 15) is 9.18 Å². The molecule has 2 nitrogen and oxygen atoms in total. The minimum atomic E-state index is -0.360. The average Bonchev–Trinajstić information content (AvgIpc) is 2.28. The van der Waals surface area contributed by atoms with Gasteiger partial charge in [0.05, 0.1) is 0 Å². The lowest BCUT2D eigenvalue weighted by Crippen LogP contribution is -2.11. The van der Waals surface area contributed by atoms with E-state index in [4.69, 9.17) is 0 Å². The van der Waals surface area contributed by atoms with Crippen LogP contribution in [0.25, 0.3) is 0 Å². The smallest absolute Gasteiger partial charge is 0.255 e. The van der Waals surface area contributed by atoms with Crippen molar-refractivity contribution in [3.8, 4) is 0 Å². The standard InChI is InChI=1S/C14H11BrFNO/c1-9-6-12(16)8-13(7-9)17-14(18)10-2-4-11(15)5-3-10/h2-8H,1H3,(H,17,18). The second-order valence-corrected chi connectivity index (χ2v) is 4.89. The van der Waals surface area contributed by atoms with E-state index in [-0.39, 0.29) is 11.7 Å². The molecular formula is C14H11BrFNO. The summed E-state index contributed by atoms with van der Waals surface area (Å²) in [6, 6.07) is 11.4. The SMILES string of the molecule is Cc1cc(F)cc(NC(=O)c2ccc(Br)cc2)c1. The van der Waals surface area contributed by atoms with Crippen molar-refractivity contribution in [1.82, 2.24) is 0 Å². The number of benzene rings is 2. The van der Waals surface area contributed by atoms with Gasteiger partial charge in [-0.25, -0.2) is 4.39 Å². The van der Waals surface area contributed by atoms with Crippen LogP contribution < -0.4 is 5.32 Å². The zero-order valence-corrected chi connectivity index (χ0v) is 11.3. The zero-order valence-electron chi connectivity index (χ0n) is 9.71. The average molecular weight is 308 g/mol. The Balaban J connectivity index is 2.18. The van der Waals surface area contributed by atoms with E-state index < -0.39 is 0 Å². The summed E-state index contributed by atoms with van der Waals surface area (Å²) in [5.41, 5.74) is 1.75. The summed E-state index contributed by atoms with van der Waals surface area (Å²) in [7, 11) is 0. The lowest BCUT2D eigenvalue weighted by molar-refractivity contribution is 0.102. The molecule has 0 bridgehead atoms. The first-order chi connectivity index (χ1) is 8.54. The van der Waals surface area contributed by atoms with Crippen molar-refractivity contribution >= 4 is 27.5 Å². The Labute approximate surface area is 113 Å². The van der Waals surface area contributed by atoms with Crippen LogP contribution in [0.2, 0.25) is 0 Å². The van der Waals surface area contributed by atoms with Crippen LogP contribution in [0.5, 0.6) is 0 Å². The zero-order chi connectivity index (χ0) is 13.1. The van der Waals surface area contributed by atoms with Gasteiger partial charge in [0.25, 0.3) is 5.91 Å². The number of aryl methyl sites for hydroxylation is 1. The van der Waals surface area contributed by atoms with Crippen LogP contribution in [0.1, 0.15) is 15.9 Å². The number of nitrogens with one attached hydrogen (secondary N) is 1. The van der Waals surface area contributed by atoms with Gasteiger partial charge in [-0.3, -0.25) is 4.79 Å². The maximum Gasteiger partial charge on any atom is 0.255 e. The van der Waals surface area contributed by atoms with E-state index in [1.165, 1.54) is 12.1 Å². The van der Waals surface area contributed by atoms with Gasteiger partial charge in [-0.05, 0) is 55.0 Å². The molecule has 1 amide bonds. The minimum absolute atomic E-state index is 0.257. The van der Waals surface area contributed by atoms with Gasteiger partial charge in [-0.2, -0.15) is 0 Å². The summed E-state index contributed by atoms with van der Waals surface area (Å²) in [6.45, 7) is 1.78. The summed E-state index contributed by atoms with van der Waals surface area (Å²) in [5.74, 6) is -0.617. The molecule has 0 aliphatic rings. The first kappa shape index (κ1) is 12.8. The largest absolute Gasteiger partial charge is 0.322 e. The van der Waals surface area contributed by atoms with Crippen LogP contribution in [0.3, 0.4) is 0 Å². The predicted octanol–water partition coefficient (Wildman–Crippen LogP) is 4.15. The molecule has 0 heterocycles. The third kappa shape index (κ3) is 3.17. The van der Waals surface area contributed by atoms with Crippen molar-refractivity contribution in [2.75, 3.05) is 5.32 Å². The van der Waals surface area contributed by atoms with E-state index in [1.54, 1.807) is 37.3 Å². The molecule has 0 fully saturated rings. The maximum atomic E-state index is 13.2. The highest BCUT2D eigenvalue weighted by atomic mass is 79.9. The quantitative estimate of drug-likeness (QED) is 0.887. The van der Waals surface area contributed by atoms with E-state index >= 15 is 0 Å². The second kappa shape index (κ2) is 5.31. The third-order valence-electron chi connectivity index (χ3n) is 2.41. The number of halogens is 2. The van der Waals surface area contributed by atoms with Crippen LogP contribution in [-0.2, 0) is 0 Å². The van der Waals surface area contributed by atoms with Crippen molar-refractivity contribution < 1.29 is 9.18 Å². The monoisotopic (exact) mass is 307 g/mol. The lowest BCUT2D eigenvalue weighted by atomic mass is 10.2. The van der Waals surface area contributed by atoms with Crippen LogP contribution in [0.15, 0.2) is 46.9 Å². The lowest BCUT2D eigenvalue weighted by Gasteiger charge is -2.06. The van der Waals surface area contributed by atoms with Gasteiger partial charge >= 0.3 is 0 Å². The summed E-state index contributed by atoms with van der Waals surface area (Å²) >= 11 is 3.30. The molecular weight excluding hydrogens is 297 g/mol. The molecule has 0 unspecified atom stereocenters. The van der Waals surface area contributed by atoms with Crippen molar-refractivity contribution in [2.24, 2.45) is 0 Å². The molecule has 0 aromatic heterocycles. The first-order valence-corrected chi connectivity index (χ1v) is 6.18. The molecule has 0 saturated heterocycles. The van der Waals surface area contributed by atoms with Gasteiger partial charge < -0.3 is 5.32 Å². The van der Waals surface area contributed by atoms with Crippen LogP contribution in [0, 0.1) is 12.7 Å². The Morgan fingerprint density at radius 1 is 1.17 bits per heavy atom. The molecule has 2 rings (SSSR count). The number of amides is 1. The van der Waals surface area contributed by atoms with Crippen molar-refractivity contribution in [3.05, 3.63) is 63.9 Å². The highest BCUT2D eigenvalue weighted by molar-refractivity contribution is 9.10. The van der Waals surface area contributed by atoms with Crippen molar-refractivity contribution in [2.45, 2.75) is 6.92 Å². The maximum absolute atomic E-state index is 13.2. The van der Waals surface area contributed by atoms with E-state index in [2.05, 4.69) is 21.2 Å². The molecule has 0 spiro atoms. The van der Waals surface area contributed by atoms with Crippen molar-refractivity contribution in [3.63, 3.8) is 0 Å². The minimum Gasteiger partial charge on any atom is -0.322 e. The van der Waals surface area contributed by atoms with Gasteiger partial charge in [-0.1, -0.05) is 15.9 Å². The summed E-state index contributed by atoms with van der Waals surface area (Å²) in [4.78, 5) is 11.9. The molecule has 0 atom stereocenters. The number of hydrogen-bond acceptors (Lipinski definition) is 1. The summed E-state index contributed by atoms with van der Waals surface area (Å²) < 4.78 is 14.1. The first-order valence-electron chi connectivity index (χ1n) is 5.39. The Morgan fingerprint density at radius 3 is 2.44 bits per heavy atom. The highest BCUT2D eigenvalue weighted by Crippen LogP contribution is 2.16. The topological polar surface area (TPSA) is 29.1 Å². The molecule has 0 saturated carbocycles. The Hall–Kier alpha value is -1.68. The van der Waals surface area contributed by atoms with E-state index in [0.717, 1.165) is 10.0 Å². The normalized spacial score (nSPS) is 10.2. The van der Waals surface area contributed by atoms with E-state index in [1.807, 2.05) is 0 Å². The summed E-state index contributed by atoms with van der Waals surface area (Å²) in [5, 5.41) is 2.67. The number of hydrogen-bond donors (Lipinski definition) is 1. The molecule has 1 N–H and O–H groups in total. The fourth-order valence-electron chi connectivity index (χ4n) is 1.61. The molecule has 0 radical (unpaired) electrons. The fraction of sp³-hybridized carbons (Fsp3) is 0.0714. The van der Waals surface area contributed by atoms with Crippen molar-refractivity contribution in [1.29, 1.82) is 0 Å². The third-order valence-corrected chi connectivity index (χ3v) is 2.94. The number of carbonyl (C=O) groups excluding carboxylic acids is 1. The van der Waals surface area contributed by atoms with Gasteiger partial charge in [0.1, 0.15) is 5.82 Å². The predicted molar refractivity (Wildman–Crippen MR) is 73.2 cm³/mol. The Bertz CT molecular complexity index is 561. The van der Waals surface area contributed by atoms with Gasteiger partial charge in [-0.15, -0.1) is 0 Å². The molecule has 2 aromatic rings. The fourth-order valence-corrected chi connectivity index (χ4v) is 1.88.